The van der Waals surface area contributed by atoms with Gasteiger partial charge in [-0.05, 0) is 28.5 Å². The summed E-state index contributed by atoms with van der Waals surface area (Å²) in [6, 6.07) is 11.4. The summed E-state index contributed by atoms with van der Waals surface area (Å²) in [6.45, 7) is 0.449. The molecule has 0 fully saturated rings. The lowest BCUT2D eigenvalue weighted by Crippen LogP contribution is -2.24. The van der Waals surface area contributed by atoms with Crippen molar-refractivity contribution in [3.63, 3.8) is 0 Å². The zero-order valence-corrected chi connectivity index (χ0v) is 11.7. The molecule has 1 amide bonds. The van der Waals surface area contributed by atoms with Crippen LogP contribution in [0.5, 0.6) is 0 Å². The predicted octanol–water partition coefficient (Wildman–Crippen LogP) is 1.12. The van der Waals surface area contributed by atoms with Gasteiger partial charge in [-0.15, -0.1) is 10.2 Å². The van der Waals surface area contributed by atoms with Crippen molar-refractivity contribution < 1.29 is 4.79 Å². The number of amides is 1. The smallest absolute Gasteiger partial charge is 0.224 e. The van der Waals surface area contributed by atoms with Gasteiger partial charge in [-0.2, -0.15) is 5.21 Å². The number of aromatic nitrogens is 5. The van der Waals surface area contributed by atoms with Gasteiger partial charge in [0.15, 0.2) is 0 Å². The van der Waals surface area contributed by atoms with Gasteiger partial charge in [0, 0.05) is 24.5 Å². The van der Waals surface area contributed by atoms with Crippen molar-refractivity contribution in [2.24, 2.45) is 0 Å². The summed E-state index contributed by atoms with van der Waals surface area (Å²) in [7, 11) is 0. The molecule has 0 saturated carbocycles. The Morgan fingerprint density at radius 3 is 2.86 bits per heavy atom. The number of nitrogens with one attached hydrogen (secondary N) is 2. The molecule has 22 heavy (non-hydrogen) atoms. The summed E-state index contributed by atoms with van der Waals surface area (Å²) >= 11 is 0. The third-order valence-electron chi connectivity index (χ3n) is 3.11. The Morgan fingerprint density at radius 2 is 2.09 bits per heavy atom. The number of carbonyl (C=O) groups excluding carboxylic acids is 1. The molecule has 0 bridgehead atoms. The number of hydrogen-bond acceptors (Lipinski definition) is 5. The first-order valence-electron chi connectivity index (χ1n) is 6.79. The molecule has 0 spiro atoms. The minimum atomic E-state index is -0.0436. The second-order valence-electron chi connectivity index (χ2n) is 4.75. The first-order valence-corrected chi connectivity index (χ1v) is 6.79. The van der Waals surface area contributed by atoms with Crippen LogP contribution >= 0.6 is 0 Å². The van der Waals surface area contributed by atoms with E-state index in [1.807, 2.05) is 36.4 Å². The van der Waals surface area contributed by atoms with Crippen LogP contribution in [0.25, 0.3) is 11.4 Å². The molecule has 0 radical (unpaired) electrons. The normalized spacial score (nSPS) is 10.4. The summed E-state index contributed by atoms with van der Waals surface area (Å²) < 4.78 is 0. The predicted molar refractivity (Wildman–Crippen MR) is 79.4 cm³/mol. The van der Waals surface area contributed by atoms with E-state index in [2.05, 4.69) is 30.9 Å². The molecule has 0 aliphatic carbocycles. The number of pyridine rings is 1. The fourth-order valence-corrected chi connectivity index (χ4v) is 2.06. The van der Waals surface area contributed by atoms with Gasteiger partial charge in [-0.1, -0.05) is 24.3 Å². The number of benzene rings is 1. The Hall–Kier alpha value is -3.09. The molecule has 2 N–H and O–H groups in total. The van der Waals surface area contributed by atoms with Crippen molar-refractivity contribution in [2.75, 3.05) is 0 Å². The first-order chi connectivity index (χ1) is 10.8. The summed E-state index contributed by atoms with van der Waals surface area (Å²) in [5.41, 5.74) is 2.72. The van der Waals surface area contributed by atoms with Crippen LogP contribution in [-0.4, -0.2) is 31.5 Å². The second-order valence-corrected chi connectivity index (χ2v) is 4.75. The molecule has 110 valence electrons. The minimum Gasteiger partial charge on any atom is -0.352 e. The minimum absolute atomic E-state index is 0.0436. The van der Waals surface area contributed by atoms with Gasteiger partial charge < -0.3 is 5.32 Å². The number of carbonyl (C=O) groups is 1. The zero-order chi connectivity index (χ0) is 15.2. The first kappa shape index (κ1) is 13.9. The number of rotatable bonds is 5. The third-order valence-corrected chi connectivity index (χ3v) is 3.11. The summed E-state index contributed by atoms with van der Waals surface area (Å²) in [5, 5.41) is 16.7. The van der Waals surface area contributed by atoms with E-state index in [0.717, 1.165) is 16.7 Å². The largest absolute Gasteiger partial charge is 0.352 e. The number of nitrogens with zero attached hydrogens (tertiary/aromatic N) is 4. The average Bonchev–Trinajstić information content (AvgIpc) is 3.09. The lowest BCUT2D eigenvalue weighted by atomic mass is 10.1. The van der Waals surface area contributed by atoms with E-state index in [9.17, 15) is 4.79 Å². The lowest BCUT2D eigenvalue weighted by Gasteiger charge is -2.06. The Kier molecular flexibility index (Phi) is 4.15. The van der Waals surface area contributed by atoms with E-state index in [0.29, 0.717) is 18.8 Å². The van der Waals surface area contributed by atoms with Gasteiger partial charge in [-0.3, -0.25) is 9.78 Å². The van der Waals surface area contributed by atoms with Crippen LogP contribution in [0.3, 0.4) is 0 Å². The van der Waals surface area contributed by atoms with E-state index >= 15 is 0 Å². The molecular weight excluding hydrogens is 280 g/mol. The molecule has 3 aromatic rings. The van der Waals surface area contributed by atoms with E-state index in [1.165, 1.54) is 0 Å². The van der Waals surface area contributed by atoms with Crippen molar-refractivity contribution in [3.05, 3.63) is 59.9 Å². The van der Waals surface area contributed by atoms with Gasteiger partial charge >= 0.3 is 0 Å². The molecule has 0 unspecified atom stereocenters. The highest BCUT2D eigenvalue weighted by Gasteiger charge is 2.06. The number of aromatic amines is 1. The highest BCUT2D eigenvalue weighted by Crippen LogP contribution is 2.14. The van der Waals surface area contributed by atoms with Crippen LogP contribution in [0.2, 0.25) is 0 Å². The summed E-state index contributed by atoms with van der Waals surface area (Å²) in [4.78, 5) is 15.9. The van der Waals surface area contributed by atoms with Gasteiger partial charge in [0.2, 0.25) is 11.7 Å². The third kappa shape index (κ3) is 3.51. The molecule has 2 heterocycles. The maximum absolute atomic E-state index is 11.9. The van der Waals surface area contributed by atoms with Crippen LogP contribution in [-0.2, 0) is 17.8 Å². The molecule has 2 aromatic heterocycles. The average molecular weight is 294 g/mol. The number of H-pyrrole nitrogens is 1. The lowest BCUT2D eigenvalue weighted by molar-refractivity contribution is -0.120. The van der Waals surface area contributed by atoms with Crippen LogP contribution in [0.4, 0.5) is 0 Å². The van der Waals surface area contributed by atoms with Gasteiger partial charge in [-0.25, -0.2) is 0 Å². The Bertz CT molecular complexity index is 742. The highest BCUT2D eigenvalue weighted by molar-refractivity contribution is 5.78. The molecule has 7 nitrogen and oxygen atoms in total. The fourth-order valence-electron chi connectivity index (χ4n) is 2.06. The van der Waals surface area contributed by atoms with E-state index < -0.39 is 0 Å². The second kappa shape index (κ2) is 6.57. The highest BCUT2D eigenvalue weighted by atomic mass is 16.1. The molecular formula is C15H14N6O. The van der Waals surface area contributed by atoms with Gasteiger partial charge in [0.05, 0.1) is 6.42 Å². The number of tetrazole rings is 1. The molecule has 1 aromatic carbocycles. The van der Waals surface area contributed by atoms with Crippen LogP contribution in [0, 0.1) is 0 Å². The van der Waals surface area contributed by atoms with E-state index in [-0.39, 0.29) is 5.91 Å². The van der Waals surface area contributed by atoms with Crippen LogP contribution in [0.1, 0.15) is 11.1 Å². The Balaban J connectivity index is 1.60. The molecule has 0 aliphatic rings. The van der Waals surface area contributed by atoms with Crippen LogP contribution in [0.15, 0.2) is 48.8 Å². The number of hydrogen-bond donors (Lipinski definition) is 2. The monoisotopic (exact) mass is 294 g/mol. The Morgan fingerprint density at radius 1 is 1.18 bits per heavy atom. The molecule has 7 heteroatoms. The maximum Gasteiger partial charge on any atom is 0.224 e. The quantitative estimate of drug-likeness (QED) is 0.735. The Labute approximate surface area is 126 Å². The summed E-state index contributed by atoms with van der Waals surface area (Å²) in [5.74, 6) is 0.488. The summed E-state index contributed by atoms with van der Waals surface area (Å²) in [6.07, 6.45) is 3.69. The molecule has 3 rings (SSSR count). The maximum atomic E-state index is 11.9. The molecule has 0 saturated heterocycles. The van der Waals surface area contributed by atoms with Crippen molar-refractivity contribution in [2.45, 2.75) is 13.0 Å². The van der Waals surface area contributed by atoms with E-state index in [4.69, 9.17) is 0 Å². The van der Waals surface area contributed by atoms with Crippen LogP contribution < -0.4 is 5.32 Å². The molecule has 0 atom stereocenters. The fraction of sp³-hybridized carbons (Fsp3) is 0.133. The van der Waals surface area contributed by atoms with Gasteiger partial charge in [0.1, 0.15) is 0 Å². The van der Waals surface area contributed by atoms with E-state index in [1.54, 1.807) is 12.4 Å². The molecule has 0 aliphatic heterocycles. The zero-order valence-electron chi connectivity index (χ0n) is 11.7. The van der Waals surface area contributed by atoms with Crippen molar-refractivity contribution >= 4 is 5.91 Å². The van der Waals surface area contributed by atoms with Gasteiger partial charge in [0.25, 0.3) is 0 Å². The van der Waals surface area contributed by atoms with Crippen molar-refractivity contribution in [1.82, 2.24) is 30.9 Å². The standard InChI is InChI=1S/C15H14N6O/c22-14(8-12-4-2-6-16-9-12)17-10-11-3-1-5-13(7-11)15-18-20-21-19-15/h1-7,9H,8,10H2,(H,17,22)(H,18,19,20,21). The topological polar surface area (TPSA) is 96.5 Å². The SMILES string of the molecule is O=C(Cc1cccnc1)NCc1cccc(-c2nn[nH]n2)c1. The van der Waals surface area contributed by atoms with Crippen molar-refractivity contribution in [3.8, 4) is 11.4 Å². The van der Waals surface area contributed by atoms with Crippen molar-refractivity contribution in [1.29, 1.82) is 0 Å².